The van der Waals surface area contributed by atoms with Crippen molar-refractivity contribution in [1.82, 2.24) is 35.1 Å². The number of ether oxygens (including phenoxy) is 6. The minimum atomic E-state index is -5.83. The lowest BCUT2D eigenvalue weighted by Gasteiger charge is -2.27. The molecule has 2 saturated heterocycles. The number of nitrogens with one attached hydrogen (secondary N) is 4. The number of hydrogen-bond acceptors (Lipinski definition) is 34. The molecule has 0 aliphatic carbocycles. The van der Waals surface area contributed by atoms with Crippen molar-refractivity contribution in [2.24, 2.45) is 0 Å². The van der Waals surface area contributed by atoms with E-state index in [1.54, 1.807) is 6.07 Å². The molecule has 2 aromatic heterocycles. The van der Waals surface area contributed by atoms with Gasteiger partial charge in [0.2, 0.25) is 23.4 Å². The number of fused-ring (bicyclic) bond motifs is 2. The molecule has 0 radical (unpaired) electrons. The van der Waals surface area contributed by atoms with Crippen LogP contribution in [-0.4, -0.2) is 239 Å². The van der Waals surface area contributed by atoms with Crippen LogP contribution in [0, 0.1) is 0 Å². The predicted octanol–water partition coefficient (Wildman–Crippen LogP) is 5.06. The Morgan fingerprint density at radius 2 is 1.43 bits per heavy atom. The molecule has 45 nitrogen and oxygen atoms in total. The number of nitrogens with two attached hydrogens (primary N) is 1. The summed E-state index contributed by atoms with van der Waals surface area (Å²) in [5.41, 5.74) is 8.66. The summed E-state index contributed by atoms with van der Waals surface area (Å²) in [7, 11) is -23.9. The maximum Gasteiger partial charge on any atom is 0.490 e. The average molecular weight is 1880 g/mol. The Bertz CT molecular complexity index is 4930. The lowest BCUT2D eigenvalue weighted by Crippen LogP contribution is -2.48. The predicted molar refractivity (Wildman–Crippen MR) is 439 cm³/mol. The van der Waals surface area contributed by atoms with E-state index < -0.39 is 144 Å². The van der Waals surface area contributed by atoms with Gasteiger partial charge < -0.3 is 94.6 Å². The number of nitrogen functional groups attached to an aromatic ring is 1. The molecule has 2 aromatic carbocycles. The number of unbranched alkanes of at least 4 members (excludes halogenated alkanes) is 2. The van der Waals surface area contributed by atoms with Crippen LogP contribution in [0.5, 0.6) is 0 Å². The van der Waals surface area contributed by atoms with E-state index >= 15 is 0 Å². The molecule has 16 N–H and O–H groups in total. The highest BCUT2D eigenvalue weighted by Gasteiger charge is 2.47. The maximum absolute atomic E-state index is 13.8. The summed E-state index contributed by atoms with van der Waals surface area (Å²) in [6.07, 6.45) is 8.16. The number of phosphoric ester groups is 2. The molecule has 6 heterocycles. The van der Waals surface area contributed by atoms with Gasteiger partial charge in [0.15, 0.2) is 5.71 Å². The fourth-order valence-corrected chi connectivity index (χ4v) is 19.4. The molecule has 676 valence electrons. The van der Waals surface area contributed by atoms with Gasteiger partial charge >= 0.3 is 48.8 Å². The number of rotatable bonds is 50. The Hall–Kier alpha value is -6.81. The summed E-state index contributed by atoms with van der Waals surface area (Å²) in [6.45, 7) is 9.83. The van der Waals surface area contributed by atoms with Crippen LogP contribution in [0.4, 0.5) is 27.8 Å². The smallest absolute Gasteiger partial charge is 0.449 e. The minimum absolute atomic E-state index is 0.0217. The topological polar surface area (TPSA) is 634 Å². The highest BCUT2D eigenvalue weighted by atomic mass is 33.1. The Labute approximate surface area is 711 Å². The van der Waals surface area contributed by atoms with Crippen LogP contribution < -0.4 is 43.3 Å². The van der Waals surface area contributed by atoms with Gasteiger partial charge in [-0.2, -0.15) is 31.6 Å². The van der Waals surface area contributed by atoms with Crippen LogP contribution in [0.1, 0.15) is 109 Å². The van der Waals surface area contributed by atoms with Crippen LogP contribution in [0.2, 0.25) is 0 Å². The third-order valence-corrected chi connectivity index (χ3v) is 26.9. The number of aliphatic hydroxyl groups is 2. The Kier molecular flexibility index (Phi) is 38.0. The highest BCUT2D eigenvalue weighted by Crippen LogP contribution is 2.66. The summed E-state index contributed by atoms with van der Waals surface area (Å²) in [5, 5.41) is 43.9. The van der Waals surface area contributed by atoms with Crippen molar-refractivity contribution in [3.05, 3.63) is 135 Å². The fourth-order valence-electron chi connectivity index (χ4n) is 12.9. The number of nitrogens with zero attached hydrogens (tertiary/aromatic N) is 6. The normalized spacial score (nSPS) is 20.5. The number of carbonyl (C=O) groups excluding carboxylic acids is 4. The van der Waals surface area contributed by atoms with Crippen molar-refractivity contribution < 1.29 is 155 Å². The van der Waals surface area contributed by atoms with Gasteiger partial charge in [0.25, 0.3) is 10.1 Å². The molecule has 3 unspecified atom stereocenters. The molecular formula is C69H98N11O34P4S4+. The second-order valence-electron chi connectivity index (χ2n) is 28.1. The van der Waals surface area contributed by atoms with Crippen molar-refractivity contribution >= 4 is 134 Å². The number of phosphoric acid groups is 4. The summed E-state index contributed by atoms with van der Waals surface area (Å²) >= 11 is 0.880. The second-order valence-corrected chi connectivity index (χ2v) is 38.6. The number of carbonyl (C=O) groups is 4. The van der Waals surface area contributed by atoms with Crippen LogP contribution in [0.3, 0.4) is 0 Å². The van der Waals surface area contributed by atoms with Crippen LogP contribution >= 0.6 is 64.9 Å². The van der Waals surface area contributed by atoms with Crippen LogP contribution in [0.15, 0.2) is 116 Å². The minimum Gasteiger partial charge on any atom is -0.449 e. The molecule has 53 heteroatoms. The first-order valence-electron chi connectivity index (χ1n) is 37.4. The lowest BCUT2D eigenvalue weighted by molar-refractivity contribution is -0.433. The monoisotopic (exact) mass is 1880 g/mol. The van der Waals surface area contributed by atoms with E-state index in [2.05, 4.69) is 88.5 Å². The van der Waals surface area contributed by atoms with E-state index in [0.717, 1.165) is 60.6 Å². The van der Waals surface area contributed by atoms with Gasteiger partial charge in [0.1, 0.15) is 55.5 Å². The van der Waals surface area contributed by atoms with Crippen molar-refractivity contribution in [3.8, 4) is 0 Å². The lowest BCUT2D eigenvalue weighted by atomic mass is 9.81. The Balaban J connectivity index is 0.788. The number of allylic oxidation sites excluding steroid dienone is 6. The van der Waals surface area contributed by atoms with E-state index in [1.807, 2.05) is 62.4 Å². The van der Waals surface area contributed by atoms with E-state index in [4.69, 9.17) is 59.0 Å². The van der Waals surface area contributed by atoms with Gasteiger partial charge in [-0.05, 0) is 88.1 Å². The molecule has 0 bridgehead atoms. The molecule has 9 atom stereocenters. The van der Waals surface area contributed by atoms with Gasteiger partial charge in [-0.25, -0.2) is 37.9 Å². The SMILES string of the molecule is CC[N+]1=C(/C=C/C=C/C=C2/N(CCCCCC(=O)NC(CSSCCCOC(=O)Nc3ccn([C@H]4C[C@@H](O)[C@@H](COP(=O)(O)OP(=O)(O)OP(=O)(O)O)O4)c(=O)n3)C(=O)NCCOCCOCCOCC(=O)NC/C=C/c3cn([C@H]4C[C@@H](O)[C@@H](COP(=O)(O)O)O4)c(=O)nc3N)c3ccc(S(=O)(=O)O)cc3C2(C)C)C(C)(C)c2cc(SOOO)ccc21. The summed E-state index contributed by atoms with van der Waals surface area (Å²) in [5.74, 6) is -1.28. The zero-order valence-electron chi connectivity index (χ0n) is 66.3. The molecule has 4 aliphatic rings. The fraction of sp³-hybridized carbons (Fsp3) is 0.522. The number of hydrogen-bond donors (Lipinski definition) is 15. The largest absolute Gasteiger partial charge is 0.490 e. The van der Waals surface area contributed by atoms with Gasteiger partial charge in [-0.3, -0.25) is 42.4 Å². The Morgan fingerprint density at radius 1 is 0.746 bits per heavy atom. The van der Waals surface area contributed by atoms with E-state index in [1.165, 1.54) is 58.1 Å². The number of aliphatic hydroxyl groups excluding tert-OH is 2. The highest BCUT2D eigenvalue weighted by molar-refractivity contribution is 8.76. The molecule has 4 amide bonds. The van der Waals surface area contributed by atoms with Gasteiger partial charge in [-0.15, -0.1) is 4.33 Å². The van der Waals surface area contributed by atoms with Crippen molar-refractivity contribution in [2.75, 3.05) is 113 Å². The molecular weight excluding hydrogens is 1780 g/mol. The van der Waals surface area contributed by atoms with E-state index in [9.17, 15) is 80.0 Å². The molecule has 122 heavy (non-hydrogen) atoms. The van der Waals surface area contributed by atoms with Gasteiger partial charge in [0.05, 0.1) is 87.4 Å². The molecule has 8 rings (SSSR count). The first kappa shape index (κ1) is 101. The number of aromatic nitrogens is 4. The standard InChI is InChI=1S/C69H97N11O34P4S4/c1-6-77-50-21-19-45(121-112-111-89)35-47(50)68(2,3)56(77)16-9-7-10-17-57-69(4,5)48-36-46(122(100,101)102)20-22-51(48)78(57)26-12-8-11-18-59(83)73-49(43-120-119-34-14-28-106-67(88)75-58-23-27-79(65(86)74-58)61-37-52(81)55(109-61)41-108-117(96,97)114-118(98,99)113-116(93,94)95)64(85)72-25-29-103-30-31-104-32-33-105-42-60(84)71-24-13-15-44-39-80(66(87)76-63(44)70)62-38-53(82)54(110-62)40-107-115(90,91)92/h7,9-10,13,15-17,19-23,27,35-36,39,49,52-55,61-62,81-82H,6,8,11-12,14,18,24-26,28-34,37-38,40-43H2,1-5H3,(H13-,70,71,72,73,74,75,76,83,84,85,86,87,88,89,90,91,92,93,94,95,96,97,98,99,100,101,102)/p+1/b15-13+/t49?,52-,53-,54-,55-,61-,62-/m1/s1. The Morgan fingerprint density at radius 3 is 2.10 bits per heavy atom. The zero-order valence-corrected chi connectivity index (χ0v) is 73.1. The number of anilines is 3. The third-order valence-electron chi connectivity index (χ3n) is 18.7. The number of benzene rings is 2. The molecule has 0 spiro atoms. The van der Waals surface area contributed by atoms with Gasteiger partial charge in [0, 0.05) is 108 Å². The average Bonchev–Trinajstić information content (AvgIpc) is 1.59. The van der Waals surface area contributed by atoms with Crippen molar-refractivity contribution in [3.63, 3.8) is 0 Å². The van der Waals surface area contributed by atoms with E-state index in [0.29, 0.717) is 50.1 Å². The van der Waals surface area contributed by atoms with Gasteiger partial charge in [-0.1, -0.05) is 77.3 Å². The molecule has 2 fully saturated rings. The van der Waals surface area contributed by atoms with Crippen LogP contribution in [-0.2, 0) is 109 Å². The zero-order chi connectivity index (χ0) is 89.4. The first-order valence-corrected chi connectivity index (χ1v) is 48.2. The van der Waals surface area contributed by atoms with Crippen molar-refractivity contribution in [1.29, 1.82) is 0 Å². The molecule has 4 aliphatic heterocycles. The third kappa shape index (κ3) is 30.8. The summed E-state index contributed by atoms with van der Waals surface area (Å²) < 4.78 is 139. The second kappa shape index (κ2) is 46.1. The van der Waals surface area contributed by atoms with Crippen LogP contribution in [0.25, 0.3) is 6.08 Å². The maximum atomic E-state index is 13.8. The van der Waals surface area contributed by atoms with E-state index in [-0.39, 0.29) is 106 Å². The molecule has 4 aromatic rings. The summed E-state index contributed by atoms with van der Waals surface area (Å²) in [4.78, 5) is 143. The molecule has 0 saturated carbocycles. The number of amides is 4. The first-order chi connectivity index (χ1) is 57.5. The quantitative estimate of drug-likeness (QED) is 0.00316. The summed E-state index contributed by atoms with van der Waals surface area (Å²) in [6, 6.07) is 10.5. The van der Waals surface area contributed by atoms with Crippen molar-refractivity contribution in [2.45, 2.75) is 143 Å².